The maximum atomic E-state index is 12.0. The number of nitrogens with one attached hydrogen (secondary N) is 1. The predicted octanol–water partition coefficient (Wildman–Crippen LogP) is 0.996. The molecule has 0 spiro atoms. The molecule has 0 radical (unpaired) electrons. The zero-order chi connectivity index (χ0) is 14.8. The second-order valence-electron chi connectivity index (χ2n) is 4.30. The van der Waals surface area contributed by atoms with Gasteiger partial charge in [0.2, 0.25) is 10.0 Å². The average molecular weight is 310 g/mol. The van der Waals surface area contributed by atoms with E-state index in [1.165, 1.54) is 4.68 Å². The molecule has 0 fully saturated rings. The van der Waals surface area contributed by atoms with Gasteiger partial charge in [0.15, 0.2) is 5.82 Å². The lowest BCUT2D eigenvalue weighted by atomic mass is 10.1. The van der Waals surface area contributed by atoms with Crippen LogP contribution in [0.5, 0.6) is 0 Å². The van der Waals surface area contributed by atoms with Crippen LogP contribution in [-0.2, 0) is 22.8 Å². The summed E-state index contributed by atoms with van der Waals surface area (Å²) in [5.41, 5.74) is 6.84. The number of aryl methyl sites for hydroxylation is 1. The van der Waals surface area contributed by atoms with Crippen LogP contribution in [0.15, 0.2) is 36.5 Å². The molecule has 0 unspecified atom stereocenters. The van der Waals surface area contributed by atoms with Crippen LogP contribution in [0.4, 0.5) is 5.82 Å². The number of sulfonamides is 1. The molecule has 0 atom stereocenters. The van der Waals surface area contributed by atoms with Gasteiger partial charge in [0.25, 0.3) is 0 Å². The van der Waals surface area contributed by atoms with Gasteiger partial charge in [0.1, 0.15) is 4.99 Å². The smallest absolute Gasteiger partial charge is 0.238 e. The Morgan fingerprint density at radius 2 is 2.00 bits per heavy atom. The van der Waals surface area contributed by atoms with E-state index in [2.05, 4.69) is 9.82 Å². The van der Waals surface area contributed by atoms with E-state index in [0.717, 1.165) is 0 Å². The Hall–Kier alpha value is -1.93. The van der Waals surface area contributed by atoms with Crippen LogP contribution in [0.2, 0.25) is 0 Å². The monoisotopic (exact) mass is 310 g/mol. The fourth-order valence-electron chi connectivity index (χ4n) is 1.65. The van der Waals surface area contributed by atoms with E-state index in [9.17, 15) is 8.42 Å². The molecule has 0 saturated heterocycles. The van der Waals surface area contributed by atoms with Crippen LogP contribution < -0.4 is 10.5 Å². The molecule has 2 aromatic rings. The van der Waals surface area contributed by atoms with Crippen molar-refractivity contribution in [1.29, 1.82) is 0 Å². The Bertz CT molecular complexity index is 720. The lowest BCUT2D eigenvalue weighted by Gasteiger charge is -2.06. The molecule has 0 saturated carbocycles. The minimum Gasteiger partial charge on any atom is -0.389 e. The summed E-state index contributed by atoms with van der Waals surface area (Å²) in [6.07, 6.45) is 1.66. The van der Waals surface area contributed by atoms with Gasteiger partial charge in [0, 0.05) is 24.9 Å². The van der Waals surface area contributed by atoms with Gasteiger partial charge < -0.3 is 5.73 Å². The molecule has 1 aromatic carbocycles. The van der Waals surface area contributed by atoms with Crippen molar-refractivity contribution in [3.63, 3.8) is 0 Å². The van der Waals surface area contributed by atoms with Crippen LogP contribution in [0.25, 0.3) is 0 Å². The number of anilines is 1. The number of hydrogen-bond donors (Lipinski definition) is 2. The van der Waals surface area contributed by atoms with Crippen molar-refractivity contribution in [3.05, 3.63) is 47.7 Å². The summed E-state index contributed by atoms with van der Waals surface area (Å²) in [7, 11) is -1.78. The molecule has 2 rings (SSSR count). The van der Waals surface area contributed by atoms with E-state index in [1.807, 2.05) is 0 Å². The Morgan fingerprint density at radius 1 is 1.35 bits per heavy atom. The van der Waals surface area contributed by atoms with Gasteiger partial charge in [0.05, 0.1) is 5.75 Å². The van der Waals surface area contributed by atoms with E-state index >= 15 is 0 Å². The molecule has 0 aliphatic carbocycles. The Morgan fingerprint density at radius 3 is 2.50 bits per heavy atom. The summed E-state index contributed by atoms with van der Waals surface area (Å²) >= 11 is 4.84. The Balaban J connectivity index is 2.09. The molecule has 1 aromatic heterocycles. The molecule has 0 aliphatic heterocycles. The van der Waals surface area contributed by atoms with Gasteiger partial charge in [-0.2, -0.15) is 5.10 Å². The topological polar surface area (TPSA) is 90.0 Å². The van der Waals surface area contributed by atoms with Gasteiger partial charge in [-0.05, 0) is 5.56 Å². The molecule has 0 aliphatic rings. The summed E-state index contributed by atoms with van der Waals surface area (Å²) in [4.78, 5) is 0.283. The number of nitrogens with zero attached hydrogens (tertiary/aromatic N) is 2. The second-order valence-corrected chi connectivity index (χ2v) is 6.46. The summed E-state index contributed by atoms with van der Waals surface area (Å²) in [5, 5.41) is 3.97. The third kappa shape index (κ3) is 3.78. The van der Waals surface area contributed by atoms with Crippen LogP contribution in [0.1, 0.15) is 11.1 Å². The highest BCUT2D eigenvalue weighted by atomic mass is 32.2. The summed E-state index contributed by atoms with van der Waals surface area (Å²) in [6, 6.07) is 8.37. The molecule has 0 bridgehead atoms. The number of thiocarbonyl (C=S) groups is 1. The first-order chi connectivity index (χ1) is 9.35. The van der Waals surface area contributed by atoms with Gasteiger partial charge >= 0.3 is 0 Å². The van der Waals surface area contributed by atoms with Gasteiger partial charge in [-0.25, -0.2) is 8.42 Å². The number of rotatable bonds is 5. The van der Waals surface area contributed by atoms with E-state index in [-0.39, 0.29) is 10.7 Å². The fourth-order valence-corrected chi connectivity index (χ4v) is 2.92. The van der Waals surface area contributed by atoms with Crippen molar-refractivity contribution >= 4 is 33.0 Å². The summed E-state index contributed by atoms with van der Waals surface area (Å²) in [5.74, 6) is 0.161. The molecular weight excluding hydrogens is 296 g/mol. The van der Waals surface area contributed by atoms with Crippen molar-refractivity contribution in [2.45, 2.75) is 5.75 Å². The molecular formula is C12H14N4O2S2. The Labute approximate surface area is 122 Å². The van der Waals surface area contributed by atoms with Crippen LogP contribution in [0, 0.1) is 0 Å². The minimum atomic E-state index is -3.50. The quantitative estimate of drug-likeness (QED) is 0.804. The summed E-state index contributed by atoms with van der Waals surface area (Å²) in [6.45, 7) is 0. The normalized spacial score (nSPS) is 11.2. The highest BCUT2D eigenvalue weighted by Crippen LogP contribution is 2.11. The molecule has 106 valence electrons. The second kappa shape index (κ2) is 5.59. The molecule has 8 heteroatoms. The van der Waals surface area contributed by atoms with E-state index in [4.69, 9.17) is 18.0 Å². The number of aromatic nitrogens is 2. The molecule has 6 nitrogen and oxygen atoms in total. The number of benzene rings is 1. The standard InChI is InChI=1S/C12H14N4O2S2/c1-16-7-6-11(14-16)15-20(17,18)8-9-2-4-10(5-3-9)12(13)19/h2-7H,8H2,1H3,(H2,13,19)(H,14,15). The lowest BCUT2D eigenvalue weighted by molar-refractivity contribution is 0.600. The maximum absolute atomic E-state index is 12.0. The van der Waals surface area contributed by atoms with Crippen LogP contribution >= 0.6 is 12.2 Å². The number of hydrogen-bond acceptors (Lipinski definition) is 4. The number of nitrogens with two attached hydrogens (primary N) is 1. The fraction of sp³-hybridized carbons (Fsp3) is 0.167. The molecule has 3 N–H and O–H groups in total. The lowest BCUT2D eigenvalue weighted by Crippen LogP contribution is -2.16. The molecule has 20 heavy (non-hydrogen) atoms. The van der Waals surface area contributed by atoms with Crippen molar-refractivity contribution in [2.24, 2.45) is 12.8 Å². The predicted molar refractivity (Wildman–Crippen MR) is 81.8 cm³/mol. The van der Waals surface area contributed by atoms with Gasteiger partial charge in [-0.15, -0.1) is 0 Å². The van der Waals surface area contributed by atoms with Gasteiger partial charge in [-0.3, -0.25) is 9.40 Å². The summed E-state index contributed by atoms with van der Waals surface area (Å²) < 4.78 is 27.9. The SMILES string of the molecule is Cn1ccc(NS(=O)(=O)Cc2ccc(C(N)=S)cc2)n1. The van der Waals surface area contributed by atoms with Crippen LogP contribution in [-0.4, -0.2) is 23.2 Å². The zero-order valence-electron chi connectivity index (χ0n) is 10.8. The van der Waals surface area contributed by atoms with Crippen LogP contribution in [0.3, 0.4) is 0 Å². The van der Waals surface area contributed by atoms with Crippen molar-refractivity contribution in [2.75, 3.05) is 4.72 Å². The highest BCUT2D eigenvalue weighted by Gasteiger charge is 2.13. The zero-order valence-corrected chi connectivity index (χ0v) is 12.4. The first kappa shape index (κ1) is 14.5. The van der Waals surface area contributed by atoms with Crippen molar-refractivity contribution in [1.82, 2.24) is 9.78 Å². The van der Waals surface area contributed by atoms with Crippen molar-refractivity contribution < 1.29 is 8.42 Å². The van der Waals surface area contributed by atoms with E-state index < -0.39 is 10.0 Å². The minimum absolute atomic E-state index is 0.138. The first-order valence-corrected chi connectivity index (χ1v) is 7.81. The average Bonchev–Trinajstić information content (AvgIpc) is 2.73. The largest absolute Gasteiger partial charge is 0.389 e. The van der Waals surface area contributed by atoms with Crippen molar-refractivity contribution in [3.8, 4) is 0 Å². The molecule has 1 heterocycles. The third-order valence-electron chi connectivity index (χ3n) is 2.57. The first-order valence-electron chi connectivity index (χ1n) is 5.74. The maximum Gasteiger partial charge on any atom is 0.238 e. The van der Waals surface area contributed by atoms with Gasteiger partial charge in [-0.1, -0.05) is 36.5 Å². The third-order valence-corrected chi connectivity index (χ3v) is 4.04. The van der Waals surface area contributed by atoms with E-state index in [1.54, 1.807) is 43.6 Å². The van der Waals surface area contributed by atoms with E-state index in [0.29, 0.717) is 16.9 Å². The Kier molecular flexibility index (Phi) is 4.05. The highest BCUT2D eigenvalue weighted by molar-refractivity contribution is 7.91. The molecule has 0 amide bonds.